The molecule has 36 heavy (non-hydrogen) atoms. The summed E-state index contributed by atoms with van der Waals surface area (Å²) in [7, 11) is 0. The van der Waals surface area contributed by atoms with Gasteiger partial charge in [0.05, 0.1) is 46.1 Å². The Hall–Kier alpha value is -3.59. The highest BCUT2D eigenvalue weighted by Gasteiger charge is 2.65. The zero-order chi connectivity index (χ0) is 25.2. The summed E-state index contributed by atoms with van der Waals surface area (Å²) in [6.45, 7) is 6.04. The van der Waals surface area contributed by atoms with E-state index in [4.69, 9.17) is 9.40 Å². The zero-order valence-electron chi connectivity index (χ0n) is 20.2. The highest BCUT2D eigenvalue weighted by molar-refractivity contribution is 5.64. The Morgan fingerprint density at radius 2 is 1.89 bits per heavy atom. The number of rotatable bonds is 5. The Balaban J connectivity index is 1.46. The van der Waals surface area contributed by atoms with Gasteiger partial charge in [0.2, 0.25) is 5.89 Å². The molecule has 1 fully saturated rings. The van der Waals surface area contributed by atoms with Crippen LogP contribution in [0.25, 0.3) is 22.8 Å². The molecule has 2 bridgehead atoms. The number of hydrogen-bond acceptors (Lipinski definition) is 7. The average molecular weight is 490 g/mol. The van der Waals surface area contributed by atoms with Crippen molar-refractivity contribution >= 4 is 0 Å². The second kappa shape index (κ2) is 7.96. The van der Waals surface area contributed by atoms with E-state index in [-0.39, 0.29) is 22.6 Å². The van der Waals surface area contributed by atoms with Gasteiger partial charge in [-0.25, -0.2) is 18.7 Å². The molecule has 1 aromatic carbocycles. The number of halogens is 2. The molecule has 7 nitrogen and oxygen atoms in total. The van der Waals surface area contributed by atoms with Crippen LogP contribution in [0.4, 0.5) is 8.78 Å². The molecule has 0 saturated heterocycles. The van der Waals surface area contributed by atoms with Crippen molar-refractivity contribution in [3.8, 4) is 22.8 Å². The Morgan fingerprint density at radius 1 is 1.11 bits per heavy atom. The molecule has 3 aromatic heterocycles. The number of nitrogens with zero attached hydrogens (tertiary/aromatic N) is 5. The van der Waals surface area contributed by atoms with Gasteiger partial charge in [0.1, 0.15) is 23.6 Å². The monoisotopic (exact) mass is 489 g/mol. The van der Waals surface area contributed by atoms with Gasteiger partial charge in [-0.3, -0.25) is 4.98 Å². The van der Waals surface area contributed by atoms with E-state index in [2.05, 4.69) is 34.0 Å². The van der Waals surface area contributed by atoms with Crippen LogP contribution in [-0.2, 0) is 11.8 Å². The molecular formula is C27H25F2N5O2. The number of hydrogen-bond donors (Lipinski definition) is 1. The maximum Gasteiger partial charge on any atom is 0.246 e. The Bertz CT molecular complexity index is 1460. The van der Waals surface area contributed by atoms with Gasteiger partial charge in [0.25, 0.3) is 0 Å². The lowest BCUT2D eigenvalue weighted by molar-refractivity contribution is 0.194. The summed E-state index contributed by atoms with van der Waals surface area (Å²) in [6, 6.07) is 5.56. The van der Waals surface area contributed by atoms with E-state index >= 15 is 0 Å². The summed E-state index contributed by atoms with van der Waals surface area (Å²) >= 11 is 0. The minimum atomic E-state index is -0.666. The van der Waals surface area contributed by atoms with Gasteiger partial charge >= 0.3 is 0 Å². The van der Waals surface area contributed by atoms with Crippen molar-refractivity contribution in [2.75, 3.05) is 0 Å². The first-order valence-electron chi connectivity index (χ1n) is 12.0. The molecule has 4 aromatic rings. The number of oxazole rings is 1. The molecule has 0 unspecified atom stereocenters. The Kier molecular flexibility index (Phi) is 5.05. The van der Waals surface area contributed by atoms with Crippen molar-refractivity contribution in [3.05, 3.63) is 77.2 Å². The SMILES string of the molecule is C[C@@H](O)Cc1coc(-c2cncc([C@@]34CC[C@@H](c5cc(-c6c(F)cccc6F)nnc53)C4(C)C)n2)n1. The summed E-state index contributed by atoms with van der Waals surface area (Å²) in [5.74, 6) is -0.874. The molecule has 3 atom stereocenters. The normalized spacial score (nSPS) is 22.6. The smallest absolute Gasteiger partial charge is 0.246 e. The average Bonchev–Trinajstić information content (AvgIpc) is 3.46. The second-order valence-corrected chi connectivity index (χ2v) is 10.3. The third-order valence-electron chi connectivity index (χ3n) is 7.95. The first-order chi connectivity index (χ1) is 17.2. The fourth-order valence-corrected chi connectivity index (χ4v) is 6.25. The van der Waals surface area contributed by atoms with Gasteiger partial charge in [0, 0.05) is 12.6 Å². The summed E-state index contributed by atoms with van der Waals surface area (Å²) in [4.78, 5) is 13.8. The predicted molar refractivity (Wildman–Crippen MR) is 127 cm³/mol. The van der Waals surface area contributed by atoms with Crippen molar-refractivity contribution < 1.29 is 18.3 Å². The molecule has 9 heteroatoms. The van der Waals surface area contributed by atoms with Crippen LogP contribution in [-0.4, -0.2) is 36.4 Å². The van der Waals surface area contributed by atoms with Crippen LogP contribution in [0.15, 0.2) is 47.3 Å². The molecule has 2 aliphatic carbocycles. The number of aromatic nitrogens is 5. The van der Waals surface area contributed by atoms with E-state index in [0.29, 0.717) is 23.7 Å². The molecule has 6 rings (SSSR count). The lowest BCUT2D eigenvalue weighted by Gasteiger charge is -2.37. The number of benzene rings is 1. The third-order valence-corrected chi connectivity index (χ3v) is 7.95. The van der Waals surface area contributed by atoms with Crippen molar-refractivity contribution in [2.45, 2.75) is 57.5 Å². The zero-order valence-corrected chi connectivity index (χ0v) is 20.2. The highest BCUT2D eigenvalue weighted by Crippen LogP contribution is 2.69. The van der Waals surface area contributed by atoms with Crippen LogP contribution in [0.2, 0.25) is 0 Å². The maximum atomic E-state index is 14.5. The van der Waals surface area contributed by atoms with Crippen LogP contribution in [0, 0.1) is 17.0 Å². The molecule has 0 amide bonds. The lowest BCUT2D eigenvalue weighted by atomic mass is 9.66. The van der Waals surface area contributed by atoms with Crippen molar-refractivity contribution in [1.29, 1.82) is 0 Å². The van der Waals surface area contributed by atoms with Crippen LogP contribution >= 0.6 is 0 Å². The van der Waals surface area contributed by atoms with Gasteiger partial charge < -0.3 is 9.52 Å². The van der Waals surface area contributed by atoms with Gasteiger partial charge in [-0.05, 0) is 54.9 Å². The summed E-state index contributed by atoms with van der Waals surface area (Å²) in [5.41, 5.74) is 2.76. The van der Waals surface area contributed by atoms with Crippen LogP contribution < -0.4 is 0 Å². The molecule has 1 saturated carbocycles. The van der Waals surface area contributed by atoms with Crippen molar-refractivity contribution in [2.24, 2.45) is 5.41 Å². The van der Waals surface area contributed by atoms with E-state index in [1.807, 2.05) is 0 Å². The first kappa shape index (κ1) is 22.8. The molecule has 1 N–H and O–H groups in total. The minimum Gasteiger partial charge on any atom is -0.443 e. The lowest BCUT2D eigenvalue weighted by Crippen LogP contribution is -2.38. The minimum absolute atomic E-state index is 0.126. The largest absolute Gasteiger partial charge is 0.443 e. The molecule has 0 radical (unpaired) electrons. The fraction of sp³-hybridized carbons (Fsp3) is 0.370. The van der Waals surface area contributed by atoms with E-state index < -0.39 is 23.2 Å². The summed E-state index contributed by atoms with van der Waals surface area (Å²) in [5, 5.41) is 18.5. The second-order valence-electron chi connectivity index (χ2n) is 10.3. The van der Waals surface area contributed by atoms with Crippen LogP contribution in [0.1, 0.15) is 62.2 Å². The first-order valence-corrected chi connectivity index (χ1v) is 12.0. The van der Waals surface area contributed by atoms with Gasteiger partial charge in [-0.2, -0.15) is 5.10 Å². The quantitative estimate of drug-likeness (QED) is 0.422. The number of aliphatic hydroxyl groups excluding tert-OH is 1. The van der Waals surface area contributed by atoms with Gasteiger partial charge in [-0.15, -0.1) is 5.10 Å². The predicted octanol–water partition coefficient (Wildman–Crippen LogP) is 4.99. The van der Waals surface area contributed by atoms with Crippen LogP contribution in [0.5, 0.6) is 0 Å². The third kappa shape index (κ3) is 3.15. The van der Waals surface area contributed by atoms with Crippen LogP contribution in [0.3, 0.4) is 0 Å². The molecule has 3 heterocycles. The molecule has 184 valence electrons. The van der Waals surface area contributed by atoms with Gasteiger partial charge in [0.15, 0.2) is 0 Å². The Labute approximate surface area is 206 Å². The number of aliphatic hydroxyl groups is 1. The van der Waals surface area contributed by atoms with E-state index in [9.17, 15) is 13.9 Å². The summed E-state index contributed by atoms with van der Waals surface area (Å²) in [6.07, 6.45) is 6.39. The van der Waals surface area contributed by atoms with E-state index in [1.165, 1.54) is 24.5 Å². The molecule has 0 spiro atoms. The standard InChI is InChI=1S/C27H25F2N5O2/c1-14(35)9-15-13-36-25(31-15)21-11-30-12-22(32-21)27-8-7-17(26(27,2)3)16-10-20(33-34-24(16)27)23-18(28)5-4-6-19(23)29/h4-6,10-14,17,35H,7-9H2,1-3H3/t14-,17+,27+/m1/s1. The molecule has 0 aliphatic heterocycles. The number of fused-ring (bicyclic) bond motifs is 5. The molecule has 2 aliphatic rings. The maximum absolute atomic E-state index is 14.5. The summed E-state index contributed by atoms with van der Waals surface area (Å²) < 4.78 is 34.6. The Morgan fingerprint density at radius 3 is 2.64 bits per heavy atom. The fourth-order valence-electron chi connectivity index (χ4n) is 6.25. The van der Waals surface area contributed by atoms with Gasteiger partial charge in [-0.1, -0.05) is 19.9 Å². The van der Waals surface area contributed by atoms with E-state index in [1.54, 1.807) is 25.4 Å². The topological polar surface area (TPSA) is 97.8 Å². The van der Waals surface area contributed by atoms with Crippen molar-refractivity contribution in [1.82, 2.24) is 25.1 Å². The van der Waals surface area contributed by atoms with Crippen molar-refractivity contribution in [3.63, 3.8) is 0 Å². The highest BCUT2D eigenvalue weighted by atomic mass is 19.1. The molecular weight excluding hydrogens is 464 g/mol. The van der Waals surface area contributed by atoms with E-state index in [0.717, 1.165) is 29.8 Å².